The van der Waals surface area contributed by atoms with Crippen molar-refractivity contribution in [2.24, 2.45) is 0 Å². The molecule has 1 N–H and O–H groups in total. The molecule has 0 unspecified atom stereocenters. The molecule has 0 aliphatic heterocycles. The Labute approximate surface area is 166 Å². The van der Waals surface area contributed by atoms with E-state index in [1.165, 1.54) is 11.3 Å². The van der Waals surface area contributed by atoms with Gasteiger partial charge in [-0.3, -0.25) is 10.1 Å². The van der Waals surface area contributed by atoms with E-state index >= 15 is 0 Å². The quantitative estimate of drug-likeness (QED) is 0.468. The van der Waals surface area contributed by atoms with Gasteiger partial charge in [-0.15, -0.1) is 16.4 Å². The number of anilines is 1. The van der Waals surface area contributed by atoms with Crippen LogP contribution in [0.15, 0.2) is 60.0 Å². The predicted molar refractivity (Wildman–Crippen MR) is 111 cm³/mol. The van der Waals surface area contributed by atoms with E-state index in [-0.39, 0.29) is 5.91 Å². The second-order valence-electron chi connectivity index (χ2n) is 6.38. The third kappa shape index (κ3) is 4.04. The fraction of sp³-hybridized carbons (Fsp3) is 0.190. The topological polar surface area (TPSA) is 68.5 Å². The summed E-state index contributed by atoms with van der Waals surface area (Å²) in [7, 11) is 0. The number of aromatic nitrogens is 3. The van der Waals surface area contributed by atoms with Gasteiger partial charge < -0.3 is 4.74 Å². The highest BCUT2D eigenvalue weighted by Gasteiger charge is 2.13. The number of nitrogens with zero attached hydrogens (tertiary/aromatic N) is 3. The molecule has 0 fully saturated rings. The van der Waals surface area contributed by atoms with Gasteiger partial charge in [0.2, 0.25) is 16.8 Å². The third-order valence-corrected chi connectivity index (χ3v) is 5.12. The highest BCUT2D eigenvalue weighted by atomic mass is 32.1. The van der Waals surface area contributed by atoms with Crippen molar-refractivity contribution < 1.29 is 9.53 Å². The van der Waals surface area contributed by atoms with Crippen LogP contribution in [0.3, 0.4) is 0 Å². The van der Waals surface area contributed by atoms with Gasteiger partial charge in [-0.2, -0.15) is 4.98 Å². The summed E-state index contributed by atoms with van der Waals surface area (Å²) in [5, 5.41) is 9.22. The fourth-order valence-electron chi connectivity index (χ4n) is 2.86. The molecule has 28 heavy (non-hydrogen) atoms. The van der Waals surface area contributed by atoms with E-state index < -0.39 is 0 Å². The molecule has 0 saturated heterocycles. The molecule has 1 amide bonds. The number of carbonyl (C=O) groups excluding carboxylic acids is 1. The first kappa shape index (κ1) is 18.2. The second-order valence-corrected chi connectivity index (χ2v) is 7.22. The van der Waals surface area contributed by atoms with Crippen molar-refractivity contribution in [3.8, 4) is 17.0 Å². The number of carbonyl (C=O) groups is 1. The number of fused-ring (bicyclic) bond motifs is 1. The molecule has 2 aromatic carbocycles. The molecule has 0 aliphatic rings. The zero-order chi connectivity index (χ0) is 19.3. The maximum atomic E-state index is 12.2. The van der Waals surface area contributed by atoms with Gasteiger partial charge in [0.05, 0.1) is 12.3 Å². The van der Waals surface area contributed by atoms with Crippen molar-refractivity contribution in [2.75, 3.05) is 11.9 Å². The Morgan fingerprint density at radius 3 is 2.75 bits per heavy atom. The number of benzene rings is 2. The number of ether oxygens (including phenoxy) is 1. The van der Waals surface area contributed by atoms with Crippen LogP contribution in [0.2, 0.25) is 0 Å². The van der Waals surface area contributed by atoms with E-state index in [9.17, 15) is 4.79 Å². The molecule has 0 spiro atoms. The lowest BCUT2D eigenvalue weighted by Crippen LogP contribution is -2.14. The van der Waals surface area contributed by atoms with Crippen molar-refractivity contribution in [3.63, 3.8) is 0 Å². The molecule has 4 rings (SSSR count). The minimum atomic E-state index is -0.118. The van der Waals surface area contributed by atoms with Gasteiger partial charge in [0.25, 0.3) is 0 Å². The molecule has 142 valence electrons. The monoisotopic (exact) mass is 392 g/mol. The van der Waals surface area contributed by atoms with Crippen LogP contribution in [-0.2, 0) is 4.79 Å². The average molecular weight is 392 g/mol. The number of para-hydroxylation sites is 1. The normalized spacial score (nSPS) is 10.9. The third-order valence-electron chi connectivity index (χ3n) is 4.30. The number of hydrogen-bond donors (Lipinski definition) is 1. The summed E-state index contributed by atoms with van der Waals surface area (Å²) in [6.45, 7) is 2.49. The molecular weight excluding hydrogens is 372 g/mol. The van der Waals surface area contributed by atoms with Crippen LogP contribution in [0.25, 0.3) is 16.2 Å². The minimum absolute atomic E-state index is 0.118. The van der Waals surface area contributed by atoms with Crippen molar-refractivity contribution in [2.45, 2.75) is 19.8 Å². The Hall–Kier alpha value is -3.19. The van der Waals surface area contributed by atoms with Gasteiger partial charge in [0.1, 0.15) is 5.75 Å². The highest BCUT2D eigenvalue weighted by Crippen LogP contribution is 2.25. The summed E-state index contributed by atoms with van der Waals surface area (Å²) >= 11 is 1.50. The number of rotatable bonds is 7. The van der Waals surface area contributed by atoms with Crippen LogP contribution in [0.4, 0.5) is 5.95 Å². The maximum Gasteiger partial charge on any atom is 0.250 e. The summed E-state index contributed by atoms with van der Waals surface area (Å²) < 4.78 is 7.48. The number of aryl methyl sites for hydroxylation is 1. The van der Waals surface area contributed by atoms with E-state index in [1.807, 2.05) is 66.9 Å². The van der Waals surface area contributed by atoms with Crippen molar-refractivity contribution in [1.82, 2.24) is 14.6 Å². The molecule has 4 aromatic rings. The Balaban J connectivity index is 1.33. The van der Waals surface area contributed by atoms with Crippen LogP contribution in [0.1, 0.15) is 18.4 Å². The van der Waals surface area contributed by atoms with Crippen molar-refractivity contribution in [3.05, 3.63) is 65.5 Å². The molecule has 0 saturated carbocycles. The van der Waals surface area contributed by atoms with Crippen LogP contribution >= 0.6 is 11.3 Å². The van der Waals surface area contributed by atoms with Crippen LogP contribution < -0.4 is 10.1 Å². The van der Waals surface area contributed by atoms with Gasteiger partial charge in [0.15, 0.2) is 0 Å². The molecule has 2 aromatic heterocycles. The number of hydrogen-bond acceptors (Lipinski definition) is 5. The summed E-state index contributed by atoms with van der Waals surface area (Å²) in [5.74, 6) is 1.06. The average Bonchev–Trinajstić information content (AvgIpc) is 3.27. The SMILES string of the molecule is Cc1ccccc1OCCCC(=O)Nc1nc2scc(-c3ccccc3)n2n1. The Kier molecular flexibility index (Phi) is 5.34. The molecule has 2 heterocycles. The molecule has 0 radical (unpaired) electrons. The Morgan fingerprint density at radius 1 is 1.14 bits per heavy atom. The Bertz CT molecular complexity index is 1090. The fourth-order valence-corrected chi connectivity index (χ4v) is 3.69. The molecule has 0 aliphatic carbocycles. The van der Waals surface area contributed by atoms with E-state index in [0.29, 0.717) is 25.4 Å². The molecule has 0 bridgehead atoms. The largest absolute Gasteiger partial charge is 0.493 e. The van der Waals surface area contributed by atoms with Crippen molar-refractivity contribution in [1.29, 1.82) is 0 Å². The van der Waals surface area contributed by atoms with Gasteiger partial charge >= 0.3 is 0 Å². The van der Waals surface area contributed by atoms with Gasteiger partial charge in [-0.05, 0) is 25.0 Å². The lowest BCUT2D eigenvalue weighted by Gasteiger charge is -2.08. The summed E-state index contributed by atoms with van der Waals surface area (Å²) in [5.41, 5.74) is 3.11. The van der Waals surface area contributed by atoms with Crippen LogP contribution in [0.5, 0.6) is 5.75 Å². The second kappa shape index (κ2) is 8.22. The minimum Gasteiger partial charge on any atom is -0.493 e. The Morgan fingerprint density at radius 2 is 1.93 bits per heavy atom. The first-order valence-electron chi connectivity index (χ1n) is 9.09. The lowest BCUT2D eigenvalue weighted by atomic mass is 10.2. The molecule has 7 heteroatoms. The molecule has 0 atom stereocenters. The zero-order valence-corrected chi connectivity index (χ0v) is 16.3. The van der Waals surface area contributed by atoms with Crippen molar-refractivity contribution >= 4 is 28.2 Å². The van der Waals surface area contributed by atoms with Gasteiger partial charge in [0, 0.05) is 17.4 Å². The summed E-state index contributed by atoms with van der Waals surface area (Å²) in [6.07, 6.45) is 0.974. The number of thiazole rings is 1. The van der Waals surface area contributed by atoms with Gasteiger partial charge in [-0.1, -0.05) is 48.5 Å². The summed E-state index contributed by atoms with van der Waals surface area (Å²) in [6, 6.07) is 17.8. The van der Waals surface area contributed by atoms with Gasteiger partial charge in [-0.25, -0.2) is 4.52 Å². The standard InChI is InChI=1S/C21H20N4O2S/c1-15-8-5-6-11-18(15)27-13-7-12-19(26)22-20-23-21-25(24-20)17(14-28-21)16-9-3-2-4-10-16/h2-6,8-11,14H,7,12-13H2,1H3,(H,22,24,26). The summed E-state index contributed by atoms with van der Waals surface area (Å²) in [4.78, 5) is 17.3. The van der Waals surface area contributed by atoms with E-state index in [0.717, 1.165) is 27.5 Å². The number of amides is 1. The molecular formula is C21H20N4O2S. The zero-order valence-electron chi connectivity index (χ0n) is 15.5. The first-order chi connectivity index (χ1) is 13.7. The van der Waals surface area contributed by atoms with E-state index in [2.05, 4.69) is 15.4 Å². The van der Waals surface area contributed by atoms with E-state index in [4.69, 9.17) is 4.74 Å². The predicted octanol–water partition coefficient (Wildman–Crippen LogP) is 4.56. The number of nitrogens with one attached hydrogen (secondary N) is 1. The van der Waals surface area contributed by atoms with E-state index in [1.54, 1.807) is 4.52 Å². The van der Waals surface area contributed by atoms with Crippen LogP contribution in [-0.4, -0.2) is 27.1 Å². The lowest BCUT2D eigenvalue weighted by molar-refractivity contribution is -0.116. The first-order valence-corrected chi connectivity index (χ1v) is 9.96. The van der Waals surface area contributed by atoms with Crippen LogP contribution in [0, 0.1) is 6.92 Å². The highest BCUT2D eigenvalue weighted by molar-refractivity contribution is 7.15. The maximum absolute atomic E-state index is 12.2. The molecule has 6 nitrogen and oxygen atoms in total. The smallest absolute Gasteiger partial charge is 0.250 e.